The number of rotatable bonds is 16. The van der Waals surface area contributed by atoms with E-state index < -0.39 is 39.6 Å². The Morgan fingerprint density at radius 2 is 1.45 bits per heavy atom. The zero-order valence-corrected chi connectivity index (χ0v) is 20.0. The second-order valence-electron chi connectivity index (χ2n) is 7.68. The van der Waals surface area contributed by atoms with E-state index in [2.05, 4.69) is 48.2 Å². The van der Waals surface area contributed by atoms with Crippen molar-refractivity contribution in [2.45, 2.75) is 82.8 Å². The van der Waals surface area contributed by atoms with Crippen LogP contribution in [-0.2, 0) is 29.3 Å². The Morgan fingerprint density at radius 3 is 1.94 bits per heavy atom. The Labute approximate surface area is 196 Å². The fourth-order valence-corrected chi connectivity index (χ4v) is 3.69. The van der Waals surface area contributed by atoms with Crippen LogP contribution in [0.4, 0.5) is 0 Å². The van der Waals surface area contributed by atoms with Crippen LogP contribution in [0.2, 0.25) is 0 Å². The van der Waals surface area contributed by atoms with Crippen molar-refractivity contribution < 1.29 is 32.2 Å². The predicted octanol–water partition coefficient (Wildman–Crippen LogP) is 4.61. The van der Waals surface area contributed by atoms with Gasteiger partial charge in [0.15, 0.2) is 5.25 Å². The summed E-state index contributed by atoms with van der Waals surface area (Å²) in [7, 11) is -4.72. The lowest BCUT2D eigenvalue weighted by Gasteiger charge is -2.12. The Morgan fingerprint density at radius 1 is 0.939 bits per heavy atom. The number of unbranched alkanes of at least 4 members (excludes halogenated alkanes) is 4. The molecule has 1 fully saturated rings. The van der Waals surface area contributed by atoms with Gasteiger partial charge in [0.05, 0.1) is 6.42 Å². The van der Waals surface area contributed by atoms with E-state index in [9.17, 15) is 22.8 Å². The van der Waals surface area contributed by atoms with Gasteiger partial charge in [-0.05, 0) is 44.9 Å². The van der Waals surface area contributed by atoms with E-state index in [4.69, 9.17) is 4.55 Å². The summed E-state index contributed by atoms with van der Waals surface area (Å²) in [6.07, 6.45) is 24.7. The molecule has 1 saturated heterocycles. The molecule has 9 heteroatoms. The highest BCUT2D eigenvalue weighted by Gasteiger charge is 2.48. The Bertz CT molecular complexity index is 856. The molecule has 184 valence electrons. The molecule has 1 heterocycles. The van der Waals surface area contributed by atoms with Crippen LogP contribution in [-0.4, -0.2) is 41.1 Å². The normalized spacial score (nSPS) is 17.5. The number of nitrogens with zero attached hydrogens (tertiary/aromatic N) is 1. The minimum absolute atomic E-state index is 0.0361. The molecule has 0 aromatic heterocycles. The molecule has 0 saturated carbocycles. The first-order valence-electron chi connectivity index (χ1n) is 11.4. The maximum Gasteiger partial charge on any atom is 0.333 e. The molecule has 0 aliphatic carbocycles. The van der Waals surface area contributed by atoms with Gasteiger partial charge in [0.25, 0.3) is 21.9 Å². The highest BCUT2D eigenvalue weighted by atomic mass is 32.2. The molecule has 1 aliphatic rings. The summed E-state index contributed by atoms with van der Waals surface area (Å²) < 4.78 is 31.1. The van der Waals surface area contributed by atoms with E-state index in [1.54, 1.807) is 0 Å². The van der Waals surface area contributed by atoms with Gasteiger partial charge in [0.1, 0.15) is 0 Å². The van der Waals surface area contributed by atoms with Crippen LogP contribution in [0.25, 0.3) is 0 Å². The molecule has 0 unspecified atom stereocenters. The van der Waals surface area contributed by atoms with Crippen LogP contribution in [0.5, 0.6) is 0 Å². The zero-order chi connectivity index (χ0) is 24.5. The number of imide groups is 1. The number of hydrogen-bond donors (Lipinski definition) is 1. The summed E-state index contributed by atoms with van der Waals surface area (Å²) >= 11 is 0. The molecule has 1 atom stereocenters. The van der Waals surface area contributed by atoms with Crippen LogP contribution in [0.3, 0.4) is 0 Å². The fourth-order valence-electron chi connectivity index (χ4n) is 2.98. The van der Waals surface area contributed by atoms with Gasteiger partial charge in [-0.25, -0.2) is 4.79 Å². The van der Waals surface area contributed by atoms with Gasteiger partial charge >= 0.3 is 5.97 Å². The Kier molecular flexibility index (Phi) is 14.0. The second kappa shape index (κ2) is 16.1. The van der Waals surface area contributed by atoms with Gasteiger partial charge in [-0.1, -0.05) is 68.4 Å². The van der Waals surface area contributed by atoms with Gasteiger partial charge in [-0.3, -0.25) is 14.1 Å². The van der Waals surface area contributed by atoms with Crippen molar-refractivity contribution in [3.05, 3.63) is 48.6 Å². The standard InChI is InChI=1S/C24H35NO7S/c1-2-3-4-5-6-7-8-9-10-11-12-13-14-15-16-17-18-19-23(27)32-25-22(26)20-21(24(25)28)33(29,30)31/h6-7,9-10,12-13,15-16,21H,2-5,8,11,14,17-20H2,1H3,(H,29,30,31)/b7-6-,10-9-,13-12-,16-15-/t21-/m0/s1. The molecular weight excluding hydrogens is 446 g/mol. The van der Waals surface area contributed by atoms with E-state index in [0.717, 1.165) is 25.7 Å². The second-order valence-corrected chi connectivity index (χ2v) is 9.28. The topological polar surface area (TPSA) is 118 Å². The Hall–Kier alpha value is -2.52. The lowest BCUT2D eigenvalue weighted by atomic mass is 10.2. The molecule has 0 aromatic rings. The predicted molar refractivity (Wildman–Crippen MR) is 126 cm³/mol. The summed E-state index contributed by atoms with van der Waals surface area (Å²) in [5.41, 5.74) is 0. The molecule has 0 spiro atoms. The summed E-state index contributed by atoms with van der Waals surface area (Å²) in [6.45, 7) is 2.20. The summed E-state index contributed by atoms with van der Waals surface area (Å²) in [5.74, 6) is -3.05. The molecule has 8 nitrogen and oxygen atoms in total. The highest BCUT2D eigenvalue weighted by Crippen LogP contribution is 2.20. The molecule has 33 heavy (non-hydrogen) atoms. The molecule has 2 amide bonds. The van der Waals surface area contributed by atoms with Crippen LogP contribution in [0, 0.1) is 0 Å². The van der Waals surface area contributed by atoms with Gasteiger partial charge in [0, 0.05) is 6.42 Å². The van der Waals surface area contributed by atoms with Gasteiger partial charge < -0.3 is 4.84 Å². The van der Waals surface area contributed by atoms with Crippen molar-refractivity contribution >= 4 is 27.9 Å². The van der Waals surface area contributed by atoms with Crippen LogP contribution in [0.15, 0.2) is 48.6 Å². The van der Waals surface area contributed by atoms with Crippen molar-refractivity contribution in [2.24, 2.45) is 0 Å². The van der Waals surface area contributed by atoms with E-state index >= 15 is 0 Å². The lowest BCUT2D eigenvalue weighted by Crippen LogP contribution is -2.36. The molecular formula is C24H35NO7S. The van der Waals surface area contributed by atoms with Crippen molar-refractivity contribution in [1.82, 2.24) is 5.06 Å². The van der Waals surface area contributed by atoms with Crippen molar-refractivity contribution in [3.8, 4) is 0 Å². The third-order valence-corrected chi connectivity index (χ3v) is 5.91. The minimum Gasteiger partial charge on any atom is -0.330 e. The molecule has 0 bridgehead atoms. The number of carbonyl (C=O) groups is 3. The van der Waals surface area contributed by atoms with E-state index in [1.807, 2.05) is 12.2 Å². The molecule has 0 aromatic carbocycles. The molecule has 1 rings (SSSR count). The third-order valence-electron chi connectivity index (χ3n) is 4.82. The van der Waals surface area contributed by atoms with Crippen molar-refractivity contribution in [2.75, 3.05) is 0 Å². The molecule has 1 aliphatic heterocycles. The van der Waals surface area contributed by atoms with E-state index in [1.165, 1.54) is 19.3 Å². The van der Waals surface area contributed by atoms with Crippen LogP contribution >= 0.6 is 0 Å². The first-order valence-corrected chi connectivity index (χ1v) is 12.9. The van der Waals surface area contributed by atoms with E-state index in [-0.39, 0.29) is 11.5 Å². The largest absolute Gasteiger partial charge is 0.333 e. The number of amides is 2. The summed E-state index contributed by atoms with van der Waals surface area (Å²) in [4.78, 5) is 39.9. The fraction of sp³-hybridized carbons (Fsp3) is 0.542. The summed E-state index contributed by atoms with van der Waals surface area (Å²) in [5, 5.41) is -1.79. The number of allylic oxidation sites excluding steroid dienone is 8. The quantitative estimate of drug-likeness (QED) is 0.148. The van der Waals surface area contributed by atoms with Crippen molar-refractivity contribution in [3.63, 3.8) is 0 Å². The minimum atomic E-state index is -4.72. The number of carbonyl (C=O) groups excluding carboxylic acids is 3. The number of hydroxylamine groups is 2. The lowest BCUT2D eigenvalue weighted by molar-refractivity contribution is -0.197. The smallest absolute Gasteiger partial charge is 0.330 e. The summed E-state index contributed by atoms with van der Waals surface area (Å²) in [6, 6.07) is 0. The number of hydrogen-bond acceptors (Lipinski definition) is 6. The first-order chi connectivity index (χ1) is 15.8. The third kappa shape index (κ3) is 12.3. The van der Waals surface area contributed by atoms with Gasteiger partial charge in [-0.15, -0.1) is 5.06 Å². The molecule has 1 N–H and O–H groups in total. The van der Waals surface area contributed by atoms with Crippen LogP contribution < -0.4 is 0 Å². The van der Waals surface area contributed by atoms with Crippen molar-refractivity contribution in [1.29, 1.82) is 0 Å². The average Bonchev–Trinajstić information content (AvgIpc) is 3.04. The average molecular weight is 482 g/mol. The maximum absolute atomic E-state index is 11.8. The maximum atomic E-state index is 11.8. The monoisotopic (exact) mass is 481 g/mol. The SMILES string of the molecule is CCCCC/C=C\C/C=C\C/C=C\C/C=C\CCCC(=O)ON1C(=O)C[C@H](S(=O)(=O)O)C1=O. The van der Waals surface area contributed by atoms with E-state index in [0.29, 0.717) is 12.8 Å². The first kappa shape index (κ1) is 28.5. The Balaban J connectivity index is 2.11. The van der Waals surface area contributed by atoms with Gasteiger partial charge in [-0.2, -0.15) is 8.42 Å². The zero-order valence-electron chi connectivity index (χ0n) is 19.2. The molecule has 0 radical (unpaired) electrons. The van der Waals surface area contributed by atoms with Crippen LogP contribution in [0.1, 0.15) is 77.6 Å². The highest BCUT2D eigenvalue weighted by molar-refractivity contribution is 7.87. The van der Waals surface area contributed by atoms with Gasteiger partial charge in [0.2, 0.25) is 0 Å².